The van der Waals surface area contributed by atoms with Crippen LogP contribution < -0.4 is 5.32 Å². The molecular weight excluding hydrogens is 170 g/mol. The Morgan fingerprint density at radius 1 is 1.31 bits per heavy atom. The molecule has 0 atom stereocenters. The summed E-state index contributed by atoms with van der Waals surface area (Å²) in [6.07, 6.45) is -0.108. The maximum Gasteiger partial charge on any atom is 0.227 e. The van der Waals surface area contributed by atoms with Gasteiger partial charge in [-0.25, -0.2) is 0 Å². The van der Waals surface area contributed by atoms with Crippen molar-refractivity contribution in [1.82, 2.24) is 5.32 Å². The Labute approximate surface area is 78.3 Å². The van der Waals surface area contributed by atoms with Crippen molar-refractivity contribution in [3.8, 4) is 0 Å². The SMILES string of the molecule is CC(C)(C)C(=O)CC(=O)NCCO. The van der Waals surface area contributed by atoms with E-state index in [0.717, 1.165) is 0 Å². The first-order valence-corrected chi connectivity index (χ1v) is 4.29. The Kier molecular flexibility index (Phi) is 4.62. The third kappa shape index (κ3) is 5.36. The molecule has 0 heterocycles. The Morgan fingerprint density at radius 3 is 2.23 bits per heavy atom. The number of carbonyl (C=O) groups is 2. The maximum atomic E-state index is 11.3. The molecule has 4 heteroatoms. The zero-order valence-electron chi connectivity index (χ0n) is 8.39. The van der Waals surface area contributed by atoms with Crippen LogP contribution in [0.3, 0.4) is 0 Å². The molecule has 0 saturated carbocycles. The van der Waals surface area contributed by atoms with Crippen LogP contribution in [0.1, 0.15) is 27.2 Å². The van der Waals surface area contributed by atoms with Gasteiger partial charge in [0.15, 0.2) is 0 Å². The van der Waals surface area contributed by atoms with Gasteiger partial charge in [0.2, 0.25) is 5.91 Å². The van der Waals surface area contributed by atoms with Crippen molar-refractivity contribution in [3.05, 3.63) is 0 Å². The smallest absolute Gasteiger partial charge is 0.227 e. The number of ketones is 1. The summed E-state index contributed by atoms with van der Waals surface area (Å²) in [6.45, 7) is 5.42. The Hall–Kier alpha value is -0.900. The van der Waals surface area contributed by atoms with Gasteiger partial charge in [-0.05, 0) is 0 Å². The zero-order chi connectivity index (χ0) is 10.5. The molecule has 0 rings (SSSR count). The molecule has 76 valence electrons. The van der Waals surface area contributed by atoms with E-state index in [-0.39, 0.29) is 31.3 Å². The highest BCUT2D eigenvalue weighted by Crippen LogP contribution is 2.16. The van der Waals surface area contributed by atoms with Crippen LogP contribution in [0, 0.1) is 5.41 Å². The molecule has 0 unspecified atom stereocenters. The molecule has 0 aliphatic heterocycles. The number of nitrogens with one attached hydrogen (secondary N) is 1. The number of aliphatic hydroxyl groups excluding tert-OH is 1. The lowest BCUT2D eigenvalue weighted by atomic mass is 9.89. The molecule has 0 saturated heterocycles. The van der Waals surface area contributed by atoms with Gasteiger partial charge in [0.05, 0.1) is 13.0 Å². The van der Waals surface area contributed by atoms with Crippen LogP contribution in [0.4, 0.5) is 0 Å². The number of amides is 1. The van der Waals surface area contributed by atoms with E-state index in [0.29, 0.717) is 0 Å². The van der Waals surface area contributed by atoms with Gasteiger partial charge in [0, 0.05) is 12.0 Å². The van der Waals surface area contributed by atoms with E-state index in [1.807, 2.05) is 0 Å². The van der Waals surface area contributed by atoms with Crippen LogP contribution in [0.15, 0.2) is 0 Å². The molecule has 0 aromatic carbocycles. The summed E-state index contributed by atoms with van der Waals surface area (Å²) in [6, 6.07) is 0. The van der Waals surface area contributed by atoms with Gasteiger partial charge in [0.25, 0.3) is 0 Å². The summed E-state index contributed by atoms with van der Waals surface area (Å²) in [5, 5.41) is 10.8. The summed E-state index contributed by atoms with van der Waals surface area (Å²) in [4.78, 5) is 22.3. The quantitative estimate of drug-likeness (QED) is 0.613. The summed E-state index contributed by atoms with van der Waals surface area (Å²) in [5.74, 6) is -0.420. The molecule has 2 N–H and O–H groups in total. The normalized spacial score (nSPS) is 11.1. The second kappa shape index (κ2) is 4.97. The maximum absolute atomic E-state index is 11.3. The number of carbonyl (C=O) groups excluding carboxylic acids is 2. The third-order valence-corrected chi connectivity index (χ3v) is 1.59. The number of hydrogen-bond acceptors (Lipinski definition) is 3. The van der Waals surface area contributed by atoms with Crippen molar-refractivity contribution in [2.45, 2.75) is 27.2 Å². The number of Topliss-reactive ketones (excluding diaryl/α,β-unsaturated/α-hetero) is 1. The fourth-order valence-electron chi connectivity index (χ4n) is 0.669. The van der Waals surface area contributed by atoms with Gasteiger partial charge in [-0.1, -0.05) is 20.8 Å². The standard InChI is InChI=1S/C9H17NO3/c1-9(2,3)7(12)6-8(13)10-4-5-11/h11H,4-6H2,1-3H3,(H,10,13). The fourth-order valence-corrected chi connectivity index (χ4v) is 0.669. The first-order chi connectivity index (χ1) is 5.88. The van der Waals surface area contributed by atoms with Crippen LogP contribution in [0.5, 0.6) is 0 Å². The summed E-state index contributed by atoms with van der Waals surface area (Å²) in [7, 11) is 0. The molecule has 0 fully saturated rings. The molecule has 0 radical (unpaired) electrons. The molecule has 1 amide bonds. The first-order valence-electron chi connectivity index (χ1n) is 4.29. The highest BCUT2D eigenvalue weighted by molar-refractivity contribution is 6.00. The van der Waals surface area contributed by atoms with Crippen molar-refractivity contribution in [2.75, 3.05) is 13.2 Å². The number of aliphatic hydroxyl groups is 1. The van der Waals surface area contributed by atoms with E-state index >= 15 is 0 Å². The molecule has 0 spiro atoms. The van der Waals surface area contributed by atoms with Crippen LogP contribution in [0.2, 0.25) is 0 Å². The predicted octanol–water partition coefficient (Wildman–Crippen LogP) is 0.100. The zero-order valence-corrected chi connectivity index (χ0v) is 8.39. The van der Waals surface area contributed by atoms with Gasteiger partial charge in [-0.15, -0.1) is 0 Å². The molecule has 0 aromatic heterocycles. The first kappa shape index (κ1) is 12.1. The lowest BCUT2D eigenvalue weighted by Gasteiger charge is -2.15. The second-order valence-corrected chi connectivity index (χ2v) is 3.92. The third-order valence-electron chi connectivity index (χ3n) is 1.59. The van der Waals surface area contributed by atoms with Crippen molar-refractivity contribution >= 4 is 11.7 Å². The van der Waals surface area contributed by atoms with Gasteiger partial charge in [0.1, 0.15) is 5.78 Å². The summed E-state index contributed by atoms with van der Waals surface area (Å²) < 4.78 is 0. The van der Waals surface area contributed by atoms with E-state index in [4.69, 9.17) is 5.11 Å². The van der Waals surface area contributed by atoms with Gasteiger partial charge < -0.3 is 10.4 Å². The average molecular weight is 187 g/mol. The van der Waals surface area contributed by atoms with E-state index in [2.05, 4.69) is 5.32 Å². The van der Waals surface area contributed by atoms with Crippen molar-refractivity contribution < 1.29 is 14.7 Å². The van der Waals surface area contributed by atoms with E-state index in [9.17, 15) is 9.59 Å². The lowest BCUT2D eigenvalue weighted by Crippen LogP contribution is -2.32. The van der Waals surface area contributed by atoms with E-state index < -0.39 is 5.41 Å². The minimum Gasteiger partial charge on any atom is -0.395 e. The Bertz CT molecular complexity index is 194. The molecule has 0 bridgehead atoms. The highest BCUT2D eigenvalue weighted by Gasteiger charge is 2.23. The molecule has 0 aliphatic carbocycles. The predicted molar refractivity (Wildman–Crippen MR) is 49.2 cm³/mol. The second-order valence-electron chi connectivity index (χ2n) is 3.92. The summed E-state index contributed by atoms with van der Waals surface area (Å²) in [5.41, 5.74) is -0.476. The minimum absolute atomic E-state index is 0.0945. The number of rotatable bonds is 4. The summed E-state index contributed by atoms with van der Waals surface area (Å²) >= 11 is 0. The van der Waals surface area contributed by atoms with Crippen LogP contribution in [-0.2, 0) is 9.59 Å². The number of hydrogen-bond donors (Lipinski definition) is 2. The van der Waals surface area contributed by atoms with Crippen molar-refractivity contribution in [3.63, 3.8) is 0 Å². The fraction of sp³-hybridized carbons (Fsp3) is 0.778. The largest absolute Gasteiger partial charge is 0.395 e. The lowest BCUT2D eigenvalue weighted by molar-refractivity contribution is -0.132. The molecule has 4 nitrogen and oxygen atoms in total. The van der Waals surface area contributed by atoms with E-state index in [1.165, 1.54) is 0 Å². The van der Waals surface area contributed by atoms with Crippen molar-refractivity contribution in [2.24, 2.45) is 5.41 Å². The average Bonchev–Trinajstić information content (AvgIpc) is 1.99. The molecular formula is C9H17NO3. The topological polar surface area (TPSA) is 66.4 Å². The van der Waals surface area contributed by atoms with Crippen LogP contribution in [0.25, 0.3) is 0 Å². The Morgan fingerprint density at radius 2 is 1.85 bits per heavy atom. The highest BCUT2D eigenvalue weighted by atomic mass is 16.3. The molecule has 13 heavy (non-hydrogen) atoms. The van der Waals surface area contributed by atoms with Crippen molar-refractivity contribution in [1.29, 1.82) is 0 Å². The van der Waals surface area contributed by atoms with Gasteiger partial charge >= 0.3 is 0 Å². The van der Waals surface area contributed by atoms with Crippen LogP contribution in [-0.4, -0.2) is 29.9 Å². The monoisotopic (exact) mass is 187 g/mol. The molecule has 0 aliphatic rings. The van der Waals surface area contributed by atoms with Crippen LogP contribution >= 0.6 is 0 Å². The van der Waals surface area contributed by atoms with E-state index in [1.54, 1.807) is 20.8 Å². The Balaban J connectivity index is 3.86. The van der Waals surface area contributed by atoms with Gasteiger partial charge in [-0.2, -0.15) is 0 Å². The molecule has 0 aromatic rings. The minimum atomic E-state index is -0.476. The van der Waals surface area contributed by atoms with Gasteiger partial charge in [-0.3, -0.25) is 9.59 Å².